The normalized spacial score (nSPS) is 10.6. The summed E-state index contributed by atoms with van der Waals surface area (Å²) in [7, 11) is 0. The molecule has 0 N–H and O–H groups in total. The van der Waals surface area contributed by atoms with Crippen LogP contribution in [0.3, 0.4) is 0 Å². The molecule has 0 radical (unpaired) electrons. The van der Waals surface area contributed by atoms with Crippen molar-refractivity contribution < 1.29 is 9.47 Å². The lowest BCUT2D eigenvalue weighted by Crippen LogP contribution is -1.99. The van der Waals surface area contributed by atoms with E-state index in [0.717, 1.165) is 27.8 Å². The fourth-order valence-electron chi connectivity index (χ4n) is 2.41. The molecule has 0 aliphatic rings. The number of ether oxygens (including phenoxy) is 2. The van der Waals surface area contributed by atoms with Gasteiger partial charge >= 0.3 is 0 Å². The smallest absolute Gasteiger partial charge is 0.241 e. The van der Waals surface area contributed by atoms with Crippen molar-refractivity contribution in [1.82, 2.24) is 10.2 Å². The largest absolute Gasteiger partial charge is 0.494 e. The lowest BCUT2D eigenvalue weighted by atomic mass is 10.0. The summed E-state index contributed by atoms with van der Waals surface area (Å²) < 4.78 is 11.0. The molecule has 2 aromatic carbocycles. The van der Waals surface area contributed by atoms with E-state index >= 15 is 0 Å². The first-order chi connectivity index (χ1) is 10.8. The number of fused-ring (bicyclic) bond motifs is 1. The number of benzene rings is 2. The van der Waals surface area contributed by atoms with Gasteiger partial charge in [-0.3, -0.25) is 0 Å². The first-order valence-electron chi connectivity index (χ1n) is 7.45. The Bertz CT molecular complexity index is 770. The Morgan fingerprint density at radius 1 is 0.773 bits per heavy atom. The molecule has 0 aliphatic carbocycles. The van der Waals surface area contributed by atoms with Crippen LogP contribution in [0.2, 0.25) is 0 Å². The Morgan fingerprint density at radius 3 is 2.14 bits per heavy atom. The van der Waals surface area contributed by atoms with E-state index < -0.39 is 0 Å². The fourth-order valence-corrected chi connectivity index (χ4v) is 2.41. The summed E-state index contributed by atoms with van der Waals surface area (Å²) in [6.45, 7) is 5.14. The summed E-state index contributed by atoms with van der Waals surface area (Å²) in [5, 5.41) is 10.6. The van der Waals surface area contributed by atoms with Gasteiger partial charge in [0, 0.05) is 16.3 Å². The molecule has 0 spiro atoms. The maximum absolute atomic E-state index is 5.57. The number of aromatic nitrogens is 2. The van der Waals surface area contributed by atoms with Crippen LogP contribution in [0.5, 0.6) is 11.6 Å². The van der Waals surface area contributed by atoms with E-state index in [9.17, 15) is 0 Å². The van der Waals surface area contributed by atoms with Gasteiger partial charge in [-0.1, -0.05) is 18.2 Å². The summed E-state index contributed by atoms with van der Waals surface area (Å²) in [5.41, 5.74) is 1.86. The Labute approximate surface area is 129 Å². The Morgan fingerprint density at radius 2 is 1.45 bits per heavy atom. The lowest BCUT2D eigenvalue weighted by Gasteiger charge is -2.10. The van der Waals surface area contributed by atoms with Gasteiger partial charge in [0.25, 0.3) is 0 Å². The predicted molar refractivity (Wildman–Crippen MR) is 87.3 cm³/mol. The molecule has 1 heterocycles. The molecule has 0 aliphatic heterocycles. The summed E-state index contributed by atoms with van der Waals surface area (Å²) >= 11 is 0. The maximum Gasteiger partial charge on any atom is 0.241 e. The molecular weight excluding hydrogens is 276 g/mol. The molecule has 0 atom stereocenters. The van der Waals surface area contributed by atoms with Crippen LogP contribution in [0.1, 0.15) is 13.8 Å². The number of hydrogen-bond acceptors (Lipinski definition) is 4. The third-order valence-corrected chi connectivity index (χ3v) is 3.37. The van der Waals surface area contributed by atoms with Gasteiger partial charge < -0.3 is 9.47 Å². The maximum atomic E-state index is 5.57. The summed E-state index contributed by atoms with van der Waals surface area (Å²) in [6.07, 6.45) is 0. The summed E-state index contributed by atoms with van der Waals surface area (Å²) in [5.74, 6) is 1.43. The van der Waals surface area contributed by atoms with Crippen molar-refractivity contribution in [1.29, 1.82) is 0 Å². The van der Waals surface area contributed by atoms with E-state index in [1.165, 1.54) is 0 Å². The van der Waals surface area contributed by atoms with Gasteiger partial charge in [-0.15, -0.1) is 10.2 Å². The molecule has 0 saturated carbocycles. The third-order valence-electron chi connectivity index (χ3n) is 3.37. The third kappa shape index (κ3) is 2.72. The van der Waals surface area contributed by atoms with Gasteiger partial charge in [0.1, 0.15) is 11.4 Å². The van der Waals surface area contributed by atoms with Crippen molar-refractivity contribution in [3.8, 4) is 22.9 Å². The van der Waals surface area contributed by atoms with Gasteiger partial charge in [0.15, 0.2) is 0 Å². The zero-order chi connectivity index (χ0) is 15.4. The molecule has 3 rings (SSSR count). The highest BCUT2D eigenvalue weighted by molar-refractivity contribution is 5.96. The molecule has 4 heteroatoms. The van der Waals surface area contributed by atoms with Gasteiger partial charge in [-0.05, 0) is 44.2 Å². The highest BCUT2D eigenvalue weighted by Gasteiger charge is 2.11. The highest BCUT2D eigenvalue weighted by Crippen LogP contribution is 2.31. The fraction of sp³-hybridized carbons (Fsp3) is 0.222. The Balaban J connectivity index is 2.09. The standard InChI is InChI=1S/C18H18N2O2/c1-3-21-14-11-9-13(10-12-14)17-15-7-5-6-8-16(15)18(20-19-17)22-4-2/h5-12H,3-4H2,1-2H3. The second kappa shape index (κ2) is 6.43. The minimum absolute atomic E-state index is 0.571. The van der Waals surface area contributed by atoms with E-state index in [1.54, 1.807) is 0 Å². The Kier molecular flexibility index (Phi) is 4.19. The van der Waals surface area contributed by atoms with Crippen molar-refractivity contribution in [3.05, 3.63) is 48.5 Å². The lowest BCUT2D eigenvalue weighted by molar-refractivity contribution is 0.327. The van der Waals surface area contributed by atoms with Crippen LogP contribution in [0.4, 0.5) is 0 Å². The molecule has 0 unspecified atom stereocenters. The van der Waals surface area contributed by atoms with Crippen LogP contribution in [-0.4, -0.2) is 23.4 Å². The quantitative estimate of drug-likeness (QED) is 0.711. The van der Waals surface area contributed by atoms with Crippen LogP contribution < -0.4 is 9.47 Å². The van der Waals surface area contributed by atoms with Crippen molar-refractivity contribution in [2.75, 3.05) is 13.2 Å². The van der Waals surface area contributed by atoms with E-state index in [1.807, 2.05) is 62.4 Å². The van der Waals surface area contributed by atoms with Gasteiger partial charge in [0.2, 0.25) is 5.88 Å². The highest BCUT2D eigenvalue weighted by atomic mass is 16.5. The van der Waals surface area contributed by atoms with Gasteiger partial charge in [0.05, 0.1) is 13.2 Å². The molecule has 0 saturated heterocycles. The zero-order valence-corrected chi connectivity index (χ0v) is 12.7. The molecule has 4 nitrogen and oxygen atoms in total. The van der Waals surface area contributed by atoms with Crippen LogP contribution in [0.15, 0.2) is 48.5 Å². The molecule has 3 aromatic rings. The summed E-state index contributed by atoms with van der Waals surface area (Å²) in [6, 6.07) is 15.9. The first kappa shape index (κ1) is 14.3. The first-order valence-corrected chi connectivity index (χ1v) is 7.45. The van der Waals surface area contributed by atoms with Crippen molar-refractivity contribution >= 4 is 10.8 Å². The van der Waals surface area contributed by atoms with Crippen LogP contribution in [0, 0.1) is 0 Å². The average Bonchev–Trinajstić information content (AvgIpc) is 2.57. The van der Waals surface area contributed by atoms with Gasteiger partial charge in [-0.25, -0.2) is 0 Å². The molecule has 0 amide bonds. The minimum Gasteiger partial charge on any atom is -0.494 e. The molecule has 0 bridgehead atoms. The molecule has 22 heavy (non-hydrogen) atoms. The van der Waals surface area contributed by atoms with Crippen LogP contribution in [0.25, 0.3) is 22.0 Å². The van der Waals surface area contributed by atoms with E-state index in [-0.39, 0.29) is 0 Å². The van der Waals surface area contributed by atoms with Crippen LogP contribution >= 0.6 is 0 Å². The second-order valence-electron chi connectivity index (χ2n) is 4.79. The predicted octanol–water partition coefficient (Wildman–Crippen LogP) is 4.09. The number of nitrogens with zero attached hydrogens (tertiary/aromatic N) is 2. The zero-order valence-electron chi connectivity index (χ0n) is 12.7. The summed E-state index contributed by atoms with van der Waals surface area (Å²) in [4.78, 5) is 0. The monoisotopic (exact) mass is 294 g/mol. The van der Waals surface area contributed by atoms with Crippen molar-refractivity contribution in [2.45, 2.75) is 13.8 Å². The van der Waals surface area contributed by atoms with Crippen LogP contribution in [-0.2, 0) is 0 Å². The molecular formula is C18H18N2O2. The van der Waals surface area contributed by atoms with Crippen molar-refractivity contribution in [3.63, 3.8) is 0 Å². The second-order valence-corrected chi connectivity index (χ2v) is 4.79. The van der Waals surface area contributed by atoms with Gasteiger partial charge in [-0.2, -0.15) is 0 Å². The average molecular weight is 294 g/mol. The molecule has 112 valence electrons. The van der Waals surface area contributed by atoms with Crippen molar-refractivity contribution in [2.24, 2.45) is 0 Å². The number of hydrogen-bond donors (Lipinski definition) is 0. The topological polar surface area (TPSA) is 44.2 Å². The van der Waals surface area contributed by atoms with E-state index in [4.69, 9.17) is 9.47 Å². The molecule has 1 aromatic heterocycles. The van der Waals surface area contributed by atoms with E-state index in [2.05, 4.69) is 10.2 Å². The number of rotatable bonds is 5. The Hall–Kier alpha value is -2.62. The minimum atomic E-state index is 0.571. The SMILES string of the molecule is CCOc1ccc(-c2nnc(OCC)c3ccccc23)cc1. The van der Waals surface area contributed by atoms with E-state index in [0.29, 0.717) is 19.1 Å². The molecule has 0 fully saturated rings.